The average Bonchev–Trinajstić information content (AvgIpc) is 2.41. The normalized spacial score (nSPS) is 20.9. The molecule has 0 aliphatic heterocycles. The fraction of sp³-hybridized carbons (Fsp3) is 0.571. The molecule has 1 saturated carbocycles. The molecule has 1 fully saturated rings. The van der Waals surface area contributed by atoms with E-state index in [-0.39, 0.29) is 30.6 Å². The molecular formula is C14H18BrF3N2. The molecule has 3 N–H and O–H groups in total. The van der Waals surface area contributed by atoms with E-state index in [2.05, 4.69) is 21.4 Å². The van der Waals surface area contributed by atoms with Crippen LogP contribution >= 0.6 is 15.9 Å². The first kappa shape index (κ1) is 15.8. The molecular weight excluding hydrogens is 333 g/mol. The Kier molecular flexibility index (Phi) is 5.09. The first-order valence-corrected chi connectivity index (χ1v) is 7.49. The Hall–Kier alpha value is -0.590. The number of alkyl halides is 2. The van der Waals surface area contributed by atoms with Crippen LogP contribution in [0.5, 0.6) is 0 Å². The zero-order chi connectivity index (χ0) is 14.8. The molecule has 0 spiro atoms. The number of rotatable bonds is 4. The van der Waals surface area contributed by atoms with E-state index in [1.807, 2.05) is 6.07 Å². The van der Waals surface area contributed by atoms with Crippen LogP contribution in [-0.2, 0) is 6.42 Å². The standard InChI is InChI=1S/C14H18BrF3N2/c15-13-10(2-1-3-11(13)16)8-12(20-19)9-4-6-14(17,18)7-5-9/h1-3,9,12,20H,4-8,19H2. The molecule has 1 unspecified atom stereocenters. The molecule has 2 nitrogen and oxygen atoms in total. The number of hydrogen-bond donors (Lipinski definition) is 2. The van der Waals surface area contributed by atoms with Crippen LogP contribution in [0.15, 0.2) is 22.7 Å². The first-order chi connectivity index (χ1) is 9.43. The van der Waals surface area contributed by atoms with Crippen LogP contribution in [0.1, 0.15) is 31.2 Å². The SMILES string of the molecule is NNC(Cc1cccc(F)c1Br)C1CCC(F)(F)CC1. The summed E-state index contributed by atoms with van der Waals surface area (Å²) in [6, 6.07) is 4.70. The quantitative estimate of drug-likeness (QED) is 0.640. The number of halogens is 4. The average molecular weight is 351 g/mol. The summed E-state index contributed by atoms with van der Waals surface area (Å²) < 4.78 is 40.3. The van der Waals surface area contributed by atoms with Crippen LogP contribution in [0.2, 0.25) is 0 Å². The van der Waals surface area contributed by atoms with E-state index in [4.69, 9.17) is 5.84 Å². The predicted molar refractivity (Wildman–Crippen MR) is 75.8 cm³/mol. The van der Waals surface area contributed by atoms with Crippen molar-refractivity contribution < 1.29 is 13.2 Å². The summed E-state index contributed by atoms with van der Waals surface area (Å²) >= 11 is 3.22. The lowest BCUT2D eigenvalue weighted by molar-refractivity contribution is -0.0495. The van der Waals surface area contributed by atoms with Crippen molar-refractivity contribution in [3.8, 4) is 0 Å². The lowest BCUT2D eigenvalue weighted by Gasteiger charge is -2.33. The monoisotopic (exact) mass is 350 g/mol. The van der Waals surface area contributed by atoms with Gasteiger partial charge in [0, 0.05) is 18.9 Å². The largest absolute Gasteiger partial charge is 0.271 e. The van der Waals surface area contributed by atoms with Gasteiger partial charge in [0.05, 0.1) is 4.47 Å². The molecule has 0 bridgehead atoms. The Morgan fingerprint density at radius 1 is 1.35 bits per heavy atom. The van der Waals surface area contributed by atoms with Gasteiger partial charge in [0.1, 0.15) is 5.82 Å². The van der Waals surface area contributed by atoms with Crippen molar-refractivity contribution in [2.75, 3.05) is 0 Å². The minimum absolute atomic E-state index is 0.0924. The zero-order valence-corrected chi connectivity index (χ0v) is 12.6. The number of hydrogen-bond acceptors (Lipinski definition) is 2. The summed E-state index contributed by atoms with van der Waals surface area (Å²) in [5.41, 5.74) is 3.50. The minimum atomic E-state index is -2.55. The number of benzene rings is 1. The molecule has 0 saturated heterocycles. The molecule has 1 aromatic carbocycles. The van der Waals surface area contributed by atoms with Gasteiger partial charge in [0.2, 0.25) is 5.92 Å². The fourth-order valence-corrected chi connectivity index (χ4v) is 3.20. The molecule has 20 heavy (non-hydrogen) atoms. The van der Waals surface area contributed by atoms with Gasteiger partial charge in [-0.3, -0.25) is 11.3 Å². The van der Waals surface area contributed by atoms with E-state index in [0.717, 1.165) is 5.56 Å². The van der Waals surface area contributed by atoms with E-state index in [1.54, 1.807) is 6.07 Å². The van der Waals surface area contributed by atoms with Crippen molar-refractivity contribution in [3.05, 3.63) is 34.1 Å². The molecule has 0 radical (unpaired) electrons. The summed E-state index contributed by atoms with van der Waals surface area (Å²) in [5, 5.41) is 0. The van der Waals surface area contributed by atoms with E-state index in [9.17, 15) is 13.2 Å². The van der Waals surface area contributed by atoms with Crippen LogP contribution in [0, 0.1) is 11.7 Å². The van der Waals surface area contributed by atoms with Crippen LogP contribution < -0.4 is 11.3 Å². The highest BCUT2D eigenvalue weighted by Crippen LogP contribution is 2.38. The van der Waals surface area contributed by atoms with Gasteiger partial charge in [0.15, 0.2) is 0 Å². The second-order valence-corrected chi connectivity index (χ2v) is 6.18. The molecule has 2 rings (SSSR count). The van der Waals surface area contributed by atoms with Gasteiger partial charge in [-0.15, -0.1) is 0 Å². The topological polar surface area (TPSA) is 38.0 Å². The van der Waals surface area contributed by atoms with Gasteiger partial charge in [-0.1, -0.05) is 12.1 Å². The molecule has 0 amide bonds. The third-order valence-corrected chi connectivity index (χ3v) is 4.90. The Balaban J connectivity index is 2.04. The molecule has 1 aromatic rings. The van der Waals surface area contributed by atoms with E-state index < -0.39 is 5.92 Å². The van der Waals surface area contributed by atoms with Crippen LogP contribution in [0.3, 0.4) is 0 Å². The predicted octanol–water partition coefficient (Wildman–Crippen LogP) is 3.79. The molecule has 1 aliphatic rings. The Labute approximate surface area is 125 Å². The third kappa shape index (κ3) is 3.74. The Morgan fingerprint density at radius 2 is 2.00 bits per heavy atom. The maximum Gasteiger partial charge on any atom is 0.248 e. The van der Waals surface area contributed by atoms with Crippen molar-refractivity contribution in [1.82, 2.24) is 5.43 Å². The summed E-state index contributed by atoms with van der Waals surface area (Å²) in [4.78, 5) is 0. The number of nitrogens with one attached hydrogen (secondary N) is 1. The number of hydrazine groups is 1. The summed E-state index contributed by atoms with van der Waals surface area (Å²) in [7, 11) is 0. The summed E-state index contributed by atoms with van der Waals surface area (Å²) in [6.45, 7) is 0. The molecule has 1 atom stereocenters. The summed E-state index contributed by atoms with van der Waals surface area (Å²) in [6.07, 6.45) is 1.20. The molecule has 6 heteroatoms. The van der Waals surface area contributed by atoms with Crippen molar-refractivity contribution in [3.63, 3.8) is 0 Å². The molecule has 0 aromatic heterocycles. The van der Waals surface area contributed by atoms with Crippen LogP contribution in [-0.4, -0.2) is 12.0 Å². The van der Waals surface area contributed by atoms with Gasteiger partial charge in [-0.05, 0) is 52.7 Å². The maximum absolute atomic E-state index is 13.5. The molecule has 1 aliphatic carbocycles. The minimum Gasteiger partial charge on any atom is -0.271 e. The summed E-state index contributed by atoms with van der Waals surface area (Å²) in [5.74, 6) is 2.78. The third-order valence-electron chi connectivity index (χ3n) is 4.02. The second kappa shape index (κ2) is 6.45. The highest BCUT2D eigenvalue weighted by Gasteiger charge is 2.37. The van der Waals surface area contributed by atoms with E-state index in [1.165, 1.54) is 6.07 Å². The smallest absolute Gasteiger partial charge is 0.248 e. The molecule has 112 valence electrons. The lowest BCUT2D eigenvalue weighted by Crippen LogP contribution is -2.44. The van der Waals surface area contributed by atoms with Crippen LogP contribution in [0.4, 0.5) is 13.2 Å². The van der Waals surface area contributed by atoms with Crippen molar-refractivity contribution >= 4 is 15.9 Å². The Morgan fingerprint density at radius 3 is 2.60 bits per heavy atom. The maximum atomic E-state index is 13.5. The van der Waals surface area contributed by atoms with E-state index in [0.29, 0.717) is 23.7 Å². The van der Waals surface area contributed by atoms with Crippen molar-refractivity contribution in [1.29, 1.82) is 0 Å². The van der Waals surface area contributed by atoms with Crippen molar-refractivity contribution in [2.24, 2.45) is 11.8 Å². The van der Waals surface area contributed by atoms with Crippen molar-refractivity contribution in [2.45, 2.75) is 44.1 Å². The van der Waals surface area contributed by atoms with Crippen LogP contribution in [0.25, 0.3) is 0 Å². The Bertz CT molecular complexity index is 458. The van der Waals surface area contributed by atoms with Gasteiger partial charge in [-0.2, -0.15) is 0 Å². The zero-order valence-electron chi connectivity index (χ0n) is 11.0. The van der Waals surface area contributed by atoms with Gasteiger partial charge in [0.25, 0.3) is 0 Å². The fourth-order valence-electron chi connectivity index (χ4n) is 2.77. The second-order valence-electron chi connectivity index (χ2n) is 5.38. The number of nitrogens with two attached hydrogens (primary N) is 1. The van der Waals surface area contributed by atoms with Gasteiger partial charge in [-0.25, -0.2) is 13.2 Å². The van der Waals surface area contributed by atoms with Gasteiger partial charge < -0.3 is 0 Å². The van der Waals surface area contributed by atoms with E-state index >= 15 is 0 Å². The highest BCUT2D eigenvalue weighted by molar-refractivity contribution is 9.10. The van der Waals surface area contributed by atoms with Gasteiger partial charge >= 0.3 is 0 Å². The highest BCUT2D eigenvalue weighted by atomic mass is 79.9. The molecule has 0 heterocycles. The lowest BCUT2D eigenvalue weighted by atomic mass is 9.80. The first-order valence-electron chi connectivity index (χ1n) is 6.70.